The smallest absolute Gasteiger partial charge is 0.272 e. The molecule has 0 saturated heterocycles. The van der Waals surface area contributed by atoms with Gasteiger partial charge in [-0.05, 0) is 41.3 Å². The molecule has 0 atom stereocenters. The van der Waals surface area contributed by atoms with E-state index in [1.165, 1.54) is 0 Å². The zero-order valence-corrected chi connectivity index (χ0v) is 19.1. The number of furan rings is 1. The van der Waals surface area contributed by atoms with E-state index in [1.54, 1.807) is 17.4 Å². The average molecular weight is 451 g/mol. The summed E-state index contributed by atoms with van der Waals surface area (Å²) in [5.74, 6) is -0.283. The summed E-state index contributed by atoms with van der Waals surface area (Å²) < 4.78 is 23.8. The molecule has 2 heterocycles. The highest BCUT2D eigenvalue weighted by atomic mass is 32.1. The summed E-state index contributed by atoms with van der Waals surface area (Å²) in [6.07, 6.45) is 2.04. The Labute approximate surface area is 195 Å². The quantitative estimate of drug-likeness (QED) is 0.250. The van der Waals surface area contributed by atoms with Crippen molar-refractivity contribution in [1.82, 2.24) is 0 Å². The molecule has 2 nitrogen and oxygen atoms in total. The van der Waals surface area contributed by atoms with Crippen molar-refractivity contribution in [2.75, 3.05) is 0 Å². The van der Waals surface area contributed by atoms with Crippen molar-refractivity contribution in [1.29, 1.82) is 0 Å². The third-order valence-electron chi connectivity index (χ3n) is 6.25. The van der Waals surface area contributed by atoms with Crippen molar-refractivity contribution in [3.8, 4) is 32.8 Å². The van der Waals surface area contributed by atoms with Gasteiger partial charge in [0.25, 0.3) is 5.01 Å². The molecule has 0 unspecified atom stereocenters. The van der Waals surface area contributed by atoms with E-state index in [9.17, 15) is 0 Å². The van der Waals surface area contributed by atoms with Crippen molar-refractivity contribution in [2.24, 2.45) is 7.05 Å². The number of hydrogen-bond acceptors (Lipinski definition) is 2. The van der Waals surface area contributed by atoms with Crippen LogP contribution in [0, 0.1) is 12.7 Å². The highest BCUT2D eigenvalue weighted by molar-refractivity contribution is 7.12. The number of aromatic nitrogens is 1. The van der Waals surface area contributed by atoms with Crippen LogP contribution >= 0.6 is 11.3 Å². The Balaban J connectivity index is 1.58. The topological polar surface area (TPSA) is 17.0 Å². The summed E-state index contributed by atoms with van der Waals surface area (Å²) in [5, 5.41) is 5.11. The fourth-order valence-corrected chi connectivity index (χ4v) is 5.52. The molecular formula is C29H21FNOS+. The Morgan fingerprint density at radius 1 is 0.727 bits per heavy atom. The predicted octanol–water partition coefficient (Wildman–Crippen LogP) is 7.92. The zero-order valence-electron chi connectivity index (χ0n) is 18.3. The van der Waals surface area contributed by atoms with Gasteiger partial charge in [0.1, 0.15) is 24.0 Å². The minimum absolute atomic E-state index is 0.283. The minimum Gasteiger partial charge on any atom is -0.454 e. The van der Waals surface area contributed by atoms with Crippen molar-refractivity contribution in [2.45, 2.75) is 6.92 Å². The van der Waals surface area contributed by atoms with Crippen LogP contribution in [0.4, 0.5) is 4.39 Å². The summed E-state index contributed by atoms with van der Waals surface area (Å²) in [6.45, 7) is 2.09. The number of thiazole rings is 1. The maximum Gasteiger partial charge on any atom is 0.272 e. The van der Waals surface area contributed by atoms with Crippen LogP contribution in [0.3, 0.4) is 0 Å². The molecule has 6 rings (SSSR count). The van der Waals surface area contributed by atoms with Gasteiger partial charge in [-0.2, -0.15) is 4.57 Å². The molecule has 6 aromatic rings. The first-order valence-corrected chi connectivity index (χ1v) is 11.7. The zero-order chi connectivity index (χ0) is 22.5. The Hall–Kier alpha value is -3.76. The largest absolute Gasteiger partial charge is 0.454 e. The first-order chi connectivity index (χ1) is 16.1. The van der Waals surface area contributed by atoms with Crippen molar-refractivity contribution >= 4 is 33.3 Å². The van der Waals surface area contributed by atoms with Gasteiger partial charge in [-0.15, -0.1) is 0 Å². The van der Waals surface area contributed by atoms with Crippen LogP contribution in [0.1, 0.15) is 5.56 Å². The molecule has 0 aliphatic heterocycles. The third-order valence-corrected chi connectivity index (χ3v) is 7.22. The molecule has 2 aromatic heterocycles. The van der Waals surface area contributed by atoms with E-state index in [2.05, 4.69) is 41.1 Å². The third kappa shape index (κ3) is 3.18. The lowest BCUT2D eigenvalue weighted by Gasteiger charge is -2.07. The number of benzene rings is 4. The second kappa shape index (κ2) is 7.68. The number of halogens is 1. The Kier molecular flexibility index (Phi) is 4.63. The van der Waals surface area contributed by atoms with Gasteiger partial charge in [-0.1, -0.05) is 78.1 Å². The second-order valence-corrected chi connectivity index (χ2v) is 9.19. The van der Waals surface area contributed by atoms with Crippen LogP contribution in [0.5, 0.6) is 0 Å². The van der Waals surface area contributed by atoms with Gasteiger partial charge in [0.05, 0.1) is 10.9 Å². The maximum absolute atomic E-state index is 15.2. The van der Waals surface area contributed by atoms with E-state index in [0.717, 1.165) is 49.2 Å². The van der Waals surface area contributed by atoms with Crippen molar-refractivity contribution in [3.63, 3.8) is 0 Å². The summed E-state index contributed by atoms with van der Waals surface area (Å²) in [4.78, 5) is 0. The van der Waals surface area contributed by atoms with Crippen LogP contribution in [0.15, 0.2) is 94.9 Å². The minimum atomic E-state index is -0.283. The van der Waals surface area contributed by atoms with Gasteiger partial charge in [-0.25, -0.2) is 4.39 Å². The monoisotopic (exact) mass is 450 g/mol. The number of nitrogens with zero attached hydrogens (tertiary/aromatic N) is 1. The Morgan fingerprint density at radius 3 is 2.06 bits per heavy atom. The molecule has 0 amide bonds. The van der Waals surface area contributed by atoms with Crippen LogP contribution in [0.2, 0.25) is 0 Å². The van der Waals surface area contributed by atoms with Gasteiger partial charge < -0.3 is 4.42 Å². The number of aryl methyl sites for hydroxylation is 2. The van der Waals surface area contributed by atoms with Crippen LogP contribution in [-0.2, 0) is 7.05 Å². The van der Waals surface area contributed by atoms with E-state index < -0.39 is 0 Å². The highest BCUT2D eigenvalue weighted by Crippen LogP contribution is 2.42. The van der Waals surface area contributed by atoms with Crippen LogP contribution in [0.25, 0.3) is 54.8 Å². The summed E-state index contributed by atoms with van der Waals surface area (Å²) >= 11 is 1.67. The summed E-state index contributed by atoms with van der Waals surface area (Å²) in [7, 11) is 2.03. The predicted molar refractivity (Wildman–Crippen MR) is 134 cm³/mol. The molecule has 4 heteroatoms. The molecule has 33 heavy (non-hydrogen) atoms. The fourth-order valence-electron chi connectivity index (χ4n) is 4.55. The fraction of sp³-hybridized carbons (Fsp3) is 0.0690. The normalized spacial score (nSPS) is 11.5. The van der Waals surface area contributed by atoms with E-state index in [4.69, 9.17) is 4.42 Å². The highest BCUT2D eigenvalue weighted by Gasteiger charge is 2.24. The lowest BCUT2D eigenvalue weighted by atomic mass is 9.98. The number of hydrogen-bond donors (Lipinski definition) is 0. The lowest BCUT2D eigenvalue weighted by molar-refractivity contribution is -0.655. The van der Waals surface area contributed by atoms with Crippen molar-refractivity contribution in [3.05, 3.63) is 102 Å². The van der Waals surface area contributed by atoms with E-state index >= 15 is 4.39 Å². The molecule has 0 N–H and O–H groups in total. The van der Waals surface area contributed by atoms with Gasteiger partial charge in [0.15, 0.2) is 11.8 Å². The number of fused-ring (bicyclic) bond motifs is 3. The van der Waals surface area contributed by atoms with Gasteiger partial charge in [0, 0.05) is 10.8 Å². The Morgan fingerprint density at radius 2 is 1.36 bits per heavy atom. The molecule has 0 aliphatic rings. The molecule has 0 spiro atoms. The molecule has 160 valence electrons. The Bertz CT molecular complexity index is 1630. The average Bonchev–Trinajstić information content (AvgIpc) is 3.43. The molecule has 4 aromatic carbocycles. The van der Waals surface area contributed by atoms with Gasteiger partial charge >= 0.3 is 0 Å². The molecule has 0 saturated carbocycles. The molecule has 0 fully saturated rings. The lowest BCUT2D eigenvalue weighted by Crippen LogP contribution is -2.26. The van der Waals surface area contributed by atoms with E-state index in [-0.39, 0.29) is 5.82 Å². The standard InChI is InChI=1S/C29H21FNOS/c1-18-8-13-22-23-14-15-24(30)26(21-11-9-20(10-12-21)19-6-4-3-5-7-19)28(23)32-27(22)25(18)29-31(2)16-17-33-29/h3-17H,1-2H3/q+1. The van der Waals surface area contributed by atoms with Crippen LogP contribution < -0.4 is 4.57 Å². The number of rotatable bonds is 3. The van der Waals surface area contributed by atoms with E-state index in [0.29, 0.717) is 11.1 Å². The van der Waals surface area contributed by atoms with E-state index in [1.807, 2.05) is 61.8 Å². The second-order valence-electron chi connectivity index (χ2n) is 8.30. The first-order valence-electron chi connectivity index (χ1n) is 10.9. The van der Waals surface area contributed by atoms with Gasteiger partial charge in [0.2, 0.25) is 0 Å². The first kappa shape index (κ1) is 19.9. The van der Waals surface area contributed by atoms with Crippen LogP contribution in [-0.4, -0.2) is 0 Å². The SMILES string of the molecule is Cc1ccc2c(oc3c(-c4ccc(-c5ccccc5)cc4)c(F)ccc32)c1-c1scc[n+]1C. The maximum atomic E-state index is 15.2. The summed E-state index contributed by atoms with van der Waals surface area (Å²) in [5.41, 5.74) is 7.12. The molecular weight excluding hydrogens is 429 g/mol. The molecule has 0 bridgehead atoms. The molecule has 0 aliphatic carbocycles. The molecule has 0 radical (unpaired) electrons. The van der Waals surface area contributed by atoms with Crippen molar-refractivity contribution < 1.29 is 13.4 Å². The van der Waals surface area contributed by atoms with Gasteiger partial charge in [-0.3, -0.25) is 0 Å². The summed E-state index contributed by atoms with van der Waals surface area (Å²) in [6, 6.07) is 25.8.